The van der Waals surface area contributed by atoms with Crippen LogP contribution in [0.25, 0.3) is 0 Å². The summed E-state index contributed by atoms with van der Waals surface area (Å²) in [5.74, 6) is 0.478. The van der Waals surface area contributed by atoms with Gasteiger partial charge in [-0.25, -0.2) is 4.79 Å². The van der Waals surface area contributed by atoms with Gasteiger partial charge in [-0.05, 0) is 12.8 Å². The van der Waals surface area contributed by atoms with Crippen molar-refractivity contribution in [2.24, 2.45) is 0 Å². The number of ether oxygens (including phenoxy) is 1. The minimum atomic E-state index is -1.00. The molecule has 1 N–H and O–H groups in total. The Labute approximate surface area is 112 Å². The fourth-order valence-corrected chi connectivity index (χ4v) is 2.43. The van der Waals surface area contributed by atoms with Crippen LogP contribution < -0.4 is 0 Å². The van der Waals surface area contributed by atoms with Crippen molar-refractivity contribution in [3.05, 3.63) is 11.7 Å². The summed E-state index contributed by atoms with van der Waals surface area (Å²) < 4.78 is 10.0. The van der Waals surface area contributed by atoms with Gasteiger partial charge >= 0.3 is 5.97 Å². The first-order valence-corrected chi connectivity index (χ1v) is 6.87. The Hall–Kier alpha value is -1.43. The molecule has 6 heteroatoms. The van der Waals surface area contributed by atoms with Crippen molar-refractivity contribution in [2.45, 2.75) is 57.5 Å². The zero-order valence-electron chi connectivity index (χ0n) is 11.0. The topological polar surface area (TPSA) is 85.5 Å². The fourth-order valence-electron chi connectivity index (χ4n) is 2.43. The first kappa shape index (κ1) is 14.0. The van der Waals surface area contributed by atoms with E-state index in [0.717, 1.165) is 18.7 Å². The molecule has 0 amide bonds. The molecule has 0 bridgehead atoms. The van der Waals surface area contributed by atoms with Crippen LogP contribution in [0.4, 0.5) is 0 Å². The summed E-state index contributed by atoms with van der Waals surface area (Å²) >= 11 is 0. The molecular weight excluding hydrogens is 248 g/mol. The molecule has 0 aromatic carbocycles. The number of rotatable bonds is 5. The molecule has 1 aromatic heterocycles. The highest BCUT2D eigenvalue weighted by molar-refractivity contribution is 5.67. The monoisotopic (exact) mass is 268 g/mol. The Balaban J connectivity index is 1.85. The summed E-state index contributed by atoms with van der Waals surface area (Å²) in [5.41, 5.74) is 0. The van der Waals surface area contributed by atoms with Crippen molar-refractivity contribution in [1.29, 1.82) is 0 Å². The lowest BCUT2D eigenvalue weighted by Crippen LogP contribution is -2.07. The van der Waals surface area contributed by atoms with E-state index in [0.29, 0.717) is 11.8 Å². The maximum absolute atomic E-state index is 10.3. The van der Waals surface area contributed by atoms with Gasteiger partial charge in [-0.15, -0.1) is 0 Å². The molecular formula is C13H20N2O4. The number of carbonyl (C=O) groups is 1. The van der Waals surface area contributed by atoms with E-state index < -0.39 is 5.97 Å². The molecule has 0 radical (unpaired) electrons. The van der Waals surface area contributed by atoms with Crippen LogP contribution in [0.1, 0.15) is 62.6 Å². The molecule has 6 nitrogen and oxygen atoms in total. The summed E-state index contributed by atoms with van der Waals surface area (Å²) in [6, 6.07) is 0. The molecule has 0 unspecified atom stereocenters. The van der Waals surface area contributed by atoms with E-state index in [4.69, 9.17) is 14.4 Å². The van der Waals surface area contributed by atoms with E-state index in [1.165, 1.54) is 32.1 Å². The smallest absolute Gasteiger partial charge is 0.329 e. The van der Waals surface area contributed by atoms with E-state index in [2.05, 4.69) is 10.1 Å². The van der Waals surface area contributed by atoms with E-state index in [9.17, 15) is 4.79 Å². The average Bonchev–Trinajstić information content (AvgIpc) is 2.76. The zero-order chi connectivity index (χ0) is 13.5. The molecule has 2 rings (SSSR count). The Morgan fingerprint density at radius 3 is 2.63 bits per heavy atom. The van der Waals surface area contributed by atoms with Crippen molar-refractivity contribution in [2.75, 3.05) is 6.61 Å². The molecule has 1 aromatic rings. The summed E-state index contributed by atoms with van der Waals surface area (Å²) in [6.07, 6.45) is 8.52. The van der Waals surface area contributed by atoms with Gasteiger partial charge in [0.2, 0.25) is 0 Å². The summed E-state index contributed by atoms with van der Waals surface area (Å²) in [4.78, 5) is 14.6. The lowest BCUT2D eigenvalue weighted by Gasteiger charge is -2.15. The van der Waals surface area contributed by atoms with Crippen LogP contribution in [0.15, 0.2) is 4.52 Å². The van der Waals surface area contributed by atoms with Crippen molar-refractivity contribution in [1.82, 2.24) is 10.1 Å². The molecule has 1 fully saturated rings. The number of aliphatic carboxylic acids is 1. The Bertz CT molecular complexity index is 397. The molecule has 0 saturated heterocycles. The van der Waals surface area contributed by atoms with Crippen molar-refractivity contribution >= 4 is 5.97 Å². The second kappa shape index (κ2) is 7.23. The fraction of sp³-hybridized carbons (Fsp3) is 0.769. The highest BCUT2D eigenvalue weighted by Gasteiger charge is 2.19. The summed E-state index contributed by atoms with van der Waals surface area (Å²) in [7, 11) is 0. The minimum absolute atomic E-state index is 0.0615. The van der Waals surface area contributed by atoms with Gasteiger partial charge < -0.3 is 14.4 Å². The van der Waals surface area contributed by atoms with Gasteiger partial charge in [0, 0.05) is 5.92 Å². The lowest BCUT2D eigenvalue weighted by atomic mass is 9.91. The van der Waals surface area contributed by atoms with E-state index in [-0.39, 0.29) is 13.2 Å². The Morgan fingerprint density at radius 1 is 1.26 bits per heavy atom. The van der Waals surface area contributed by atoms with Crippen LogP contribution in [0.3, 0.4) is 0 Å². The van der Waals surface area contributed by atoms with Crippen molar-refractivity contribution < 1.29 is 19.2 Å². The standard InChI is InChI=1S/C13H20N2O4/c16-12(17)9-18-8-11-14-13(15-19-11)10-6-4-2-1-3-5-7-10/h10H,1-9H2,(H,16,17). The first-order chi connectivity index (χ1) is 9.25. The van der Waals surface area contributed by atoms with Crippen LogP contribution in [-0.2, 0) is 16.1 Å². The molecule has 1 aliphatic carbocycles. The van der Waals surface area contributed by atoms with Gasteiger partial charge in [0.25, 0.3) is 5.89 Å². The molecule has 0 aliphatic heterocycles. The van der Waals surface area contributed by atoms with Gasteiger partial charge in [0.1, 0.15) is 13.2 Å². The number of hydrogen-bond donors (Lipinski definition) is 1. The predicted molar refractivity (Wildman–Crippen MR) is 66.6 cm³/mol. The van der Waals surface area contributed by atoms with E-state index >= 15 is 0 Å². The van der Waals surface area contributed by atoms with Crippen LogP contribution >= 0.6 is 0 Å². The number of nitrogens with zero attached hydrogens (tertiary/aromatic N) is 2. The predicted octanol–water partition coefficient (Wildman–Crippen LogP) is 2.50. The first-order valence-electron chi connectivity index (χ1n) is 6.87. The molecule has 1 heterocycles. The third kappa shape index (κ3) is 4.63. The Morgan fingerprint density at radius 2 is 1.95 bits per heavy atom. The van der Waals surface area contributed by atoms with Crippen molar-refractivity contribution in [3.63, 3.8) is 0 Å². The van der Waals surface area contributed by atoms with Crippen molar-refractivity contribution in [3.8, 4) is 0 Å². The largest absolute Gasteiger partial charge is 0.480 e. The van der Waals surface area contributed by atoms with Crippen LogP contribution in [0.5, 0.6) is 0 Å². The SMILES string of the molecule is O=C(O)COCc1nc(C2CCCCCCC2)no1. The van der Waals surface area contributed by atoms with Crippen LogP contribution in [0.2, 0.25) is 0 Å². The Kier molecular flexibility index (Phi) is 5.32. The van der Waals surface area contributed by atoms with Crippen LogP contribution in [-0.4, -0.2) is 27.8 Å². The number of carboxylic acid groups (broad SMARTS) is 1. The highest BCUT2D eigenvalue weighted by Crippen LogP contribution is 2.29. The highest BCUT2D eigenvalue weighted by atomic mass is 16.5. The third-order valence-corrected chi connectivity index (χ3v) is 3.41. The van der Waals surface area contributed by atoms with Gasteiger partial charge in [-0.1, -0.05) is 37.3 Å². The molecule has 106 valence electrons. The maximum Gasteiger partial charge on any atom is 0.329 e. The quantitative estimate of drug-likeness (QED) is 0.883. The van der Waals surface area contributed by atoms with Crippen LogP contribution in [0, 0.1) is 0 Å². The summed E-state index contributed by atoms with van der Waals surface area (Å²) in [5, 5.41) is 12.5. The normalized spacial score (nSPS) is 17.9. The number of aromatic nitrogens is 2. The molecule has 19 heavy (non-hydrogen) atoms. The van der Waals surface area contributed by atoms with E-state index in [1.54, 1.807) is 0 Å². The number of carboxylic acids is 1. The molecule has 0 atom stereocenters. The van der Waals surface area contributed by atoms with Gasteiger partial charge in [-0.3, -0.25) is 0 Å². The zero-order valence-corrected chi connectivity index (χ0v) is 11.0. The summed E-state index contributed by atoms with van der Waals surface area (Å²) in [6.45, 7) is -0.285. The lowest BCUT2D eigenvalue weighted by molar-refractivity contribution is -0.142. The third-order valence-electron chi connectivity index (χ3n) is 3.41. The van der Waals surface area contributed by atoms with E-state index in [1.807, 2.05) is 0 Å². The second-order valence-electron chi connectivity index (χ2n) is 4.97. The molecule has 0 spiro atoms. The molecule has 1 saturated carbocycles. The maximum atomic E-state index is 10.3. The molecule has 1 aliphatic rings. The minimum Gasteiger partial charge on any atom is -0.480 e. The van der Waals surface area contributed by atoms with Gasteiger partial charge in [-0.2, -0.15) is 4.98 Å². The van der Waals surface area contributed by atoms with Gasteiger partial charge in [0.05, 0.1) is 0 Å². The van der Waals surface area contributed by atoms with Gasteiger partial charge in [0.15, 0.2) is 5.82 Å². The number of hydrogen-bond acceptors (Lipinski definition) is 5. The second-order valence-corrected chi connectivity index (χ2v) is 4.97. The average molecular weight is 268 g/mol.